The van der Waals surface area contributed by atoms with E-state index in [1.54, 1.807) is 0 Å². The van der Waals surface area contributed by atoms with Crippen molar-refractivity contribution in [1.82, 2.24) is 10.6 Å². The van der Waals surface area contributed by atoms with Gasteiger partial charge >= 0.3 is 6.09 Å². The first-order chi connectivity index (χ1) is 6.87. The van der Waals surface area contributed by atoms with Crippen molar-refractivity contribution in [2.45, 2.75) is 45.3 Å². The Morgan fingerprint density at radius 3 is 2.67 bits per heavy atom. The molecule has 0 saturated carbocycles. The minimum atomic E-state index is -0.484. The second kappa shape index (κ2) is 4.51. The van der Waals surface area contributed by atoms with Gasteiger partial charge in [0.2, 0.25) is 5.91 Å². The van der Waals surface area contributed by atoms with Crippen LogP contribution in [0.3, 0.4) is 0 Å². The molecule has 5 heteroatoms. The minimum Gasteiger partial charge on any atom is -0.444 e. The molecule has 0 aromatic heterocycles. The number of rotatable bonds is 1. The predicted molar refractivity (Wildman–Crippen MR) is 55.4 cm³/mol. The highest BCUT2D eigenvalue weighted by Gasteiger charge is 2.22. The van der Waals surface area contributed by atoms with E-state index in [0.29, 0.717) is 19.4 Å². The first-order valence-electron chi connectivity index (χ1n) is 5.13. The second-order valence-corrected chi connectivity index (χ2v) is 4.69. The van der Waals surface area contributed by atoms with Gasteiger partial charge < -0.3 is 15.4 Å². The molecule has 0 aliphatic carbocycles. The van der Waals surface area contributed by atoms with Crippen molar-refractivity contribution in [3.05, 3.63) is 0 Å². The molecule has 1 fully saturated rings. The number of hydrogen-bond donors (Lipinski definition) is 2. The Hall–Kier alpha value is -1.26. The molecule has 0 aromatic rings. The maximum absolute atomic E-state index is 11.4. The third-order valence-corrected chi connectivity index (χ3v) is 1.99. The molecule has 1 rings (SSSR count). The lowest BCUT2D eigenvalue weighted by Gasteiger charge is -2.26. The molecule has 1 saturated heterocycles. The molecule has 0 bridgehead atoms. The highest BCUT2D eigenvalue weighted by molar-refractivity contribution is 5.77. The van der Waals surface area contributed by atoms with E-state index in [4.69, 9.17) is 4.74 Å². The zero-order chi connectivity index (χ0) is 11.5. The van der Waals surface area contributed by atoms with Crippen LogP contribution in [0, 0.1) is 0 Å². The van der Waals surface area contributed by atoms with Crippen molar-refractivity contribution < 1.29 is 14.3 Å². The maximum atomic E-state index is 11.4. The molecule has 86 valence electrons. The van der Waals surface area contributed by atoms with E-state index < -0.39 is 11.7 Å². The molecule has 0 spiro atoms. The molecule has 2 N–H and O–H groups in total. The number of carbonyl (C=O) groups excluding carboxylic acids is 2. The Labute approximate surface area is 89.6 Å². The van der Waals surface area contributed by atoms with Crippen LogP contribution in [0.4, 0.5) is 4.79 Å². The molecule has 15 heavy (non-hydrogen) atoms. The fourth-order valence-electron chi connectivity index (χ4n) is 1.33. The number of ether oxygens (including phenoxy) is 1. The summed E-state index contributed by atoms with van der Waals surface area (Å²) in [5.74, 6) is 0.0391. The van der Waals surface area contributed by atoms with Gasteiger partial charge in [0, 0.05) is 13.0 Å². The summed E-state index contributed by atoms with van der Waals surface area (Å²) >= 11 is 0. The van der Waals surface area contributed by atoms with Crippen molar-refractivity contribution in [3.63, 3.8) is 0 Å². The van der Waals surface area contributed by atoms with Crippen molar-refractivity contribution >= 4 is 12.0 Å². The Balaban J connectivity index is 2.29. The average Bonchev–Trinajstić information content (AvgIpc) is 2.05. The Morgan fingerprint density at radius 2 is 2.20 bits per heavy atom. The third kappa shape index (κ3) is 4.67. The van der Waals surface area contributed by atoms with Crippen molar-refractivity contribution in [2.75, 3.05) is 6.54 Å². The standard InChI is InChI=1S/C10H18N2O3/c1-10(2,3)15-9(14)12-7-4-5-8(13)11-6-7/h7H,4-6H2,1-3H3,(H,11,13)(H,12,14)/t7-/m1/s1. The van der Waals surface area contributed by atoms with Crippen LogP contribution in [0.2, 0.25) is 0 Å². The Bertz CT molecular complexity index is 248. The van der Waals surface area contributed by atoms with E-state index >= 15 is 0 Å². The summed E-state index contributed by atoms with van der Waals surface area (Å²) in [6.07, 6.45) is 0.703. The summed E-state index contributed by atoms with van der Waals surface area (Å²) in [6, 6.07) is -0.0162. The molecule has 1 aliphatic rings. The van der Waals surface area contributed by atoms with E-state index in [2.05, 4.69) is 10.6 Å². The summed E-state index contributed by atoms with van der Waals surface area (Å²) in [6.45, 7) is 5.93. The van der Waals surface area contributed by atoms with Crippen molar-refractivity contribution in [1.29, 1.82) is 0 Å². The normalized spacial score (nSPS) is 21.8. The lowest BCUT2D eigenvalue weighted by Crippen LogP contribution is -2.48. The number of carbonyl (C=O) groups is 2. The number of piperidine rings is 1. The van der Waals surface area contributed by atoms with Crippen LogP contribution in [0.15, 0.2) is 0 Å². The second-order valence-electron chi connectivity index (χ2n) is 4.69. The van der Waals surface area contributed by atoms with Crippen LogP contribution in [0.25, 0.3) is 0 Å². The van der Waals surface area contributed by atoms with Crippen LogP contribution >= 0.6 is 0 Å². The molecular formula is C10H18N2O3. The average molecular weight is 214 g/mol. The summed E-state index contributed by atoms with van der Waals surface area (Å²) in [5, 5.41) is 5.41. The molecule has 5 nitrogen and oxygen atoms in total. The quantitative estimate of drug-likeness (QED) is 0.678. The summed E-state index contributed by atoms with van der Waals surface area (Å²) in [4.78, 5) is 22.2. The Morgan fingerprint density at radius 1 is 1.53 bits per heavy atom. The third-order valence-electron chi connectivity index (χ3n) is 1.99. The fourth-order valence-corrected chi connectivity index (χ4v) is 1.33. The molecule has 0 radical (unpaired) electrons. The van der Waals surface area contributed by atoms with Gasteiger partial charge in [0.15, 0.2) is 0 Å². The van der Waals surface area contributed by atoms with Gasteiger partial charge in [-0.05, 0) is 27.2 Å². The van der Waals surface area contributed by atoms with E-state index in [9.17, 15) is 9.59 Å². The minimum absolute atomic E-state index is 0.0162. The van der Waals surface area contributed by atoms with E-state index in [1.807, 2.05) is 20.8 Å². The number of hydrogen-bond acceptors (Lipinski definition) is 3. The Kier molecular flexibility index (Phi) is 3.55. The van der Waals surface area contributed by atoms with Gasteiger partial charge in [-0.2, -0.15) is 0 Å². The SMILES string of the molecule is CC(C)(C)OC(=O)N[C@@H]1CCC(=O)NC1. The van der Waals surface area contributed by atoms with Gasteiger partial charge in [0.25, 0.3) is 0 Å². The van der Waals surface area contributed by atoms with Crippen LogP contribution in [-0.4, -0.2) is 30.2 Å². The zero-order valence-corrected chi connectivity index (χ0v) is 9.42. The topological polar surface area (TPSA) is 67.4 Å². The van der Waals surface area contributed by atoms with Gasteiger partial charge in [0.1, 0.15) is 5.60 Å². The van der Waals surface area contributed by atoms with Crippen molar-refractivity contribution in [2.24, 2.45) is 0 Å². The van der Waals surface area contributed by atoms with Crippen LogP contribution in [0.1, 0.15) is 33.6 Å². The van der Waals surface area contributed by atoms with Gasteiger partial charge in [-0.1, -0.05) is 0 Å². The molecule has 2 amide bonds. The van der Waals surface area contributed by atoms with Crippen LogP contribution < -0.4 is 10.6 Å². The van der Waals surface area contributed by atoms with Gasteiger partial charge in [0.05, 0.1) is 6.04 Å². The lowest BCUT2D eigenvalue weighted by molar-refractivity contribution is -0.122. The summed E-state index contributed by atoms with van der Waals surface area (Å²) in [5.41, 5.74) is -0.484. The van der Waals surface area contributed by atoms with Crippen molar-refractivity contribution in [3.8, 4) is 0 Å². The molecule has 0 unspecified atom stereocenters. The largest absolute Gasteiger partial charge is 0.444 e. The maximum Gasteiger partial charge on any atom is 0.407 e. The molecular weight excluding hydrogens is 196 g/mol. The fraction of sp³-hybridized carbons (Fsp3) is 0.800. The lowest BCUT2D eigenvalue weighted by atomic mass is 10.1. The summed E-state index contributed by atoms with van der Waals surface area (Å²) in [7, 11) is 0. The number of alkyl carbamates (subject to hydrolysis) is 1. The molecule has 1 heterocycles. The zero-order valence-electron chi connectivity index (χ0n) is 9.42. The smallest absolute Gasteiger partial charge is 0.407 e. The summed E-state index contributed by atoms with van der Waals surface area (Å²) < 4.78 is 5.10. The van der Waals surface area contributed by atoms with Crippen LogP contribution in [0.5, 0.6) is 0 Å². The van der Waals surface area contributed by atoms with Gasteiger partial charge in [-0.3, -0.25) is 4.79 Å². The van der Waals surface area contributed by atoms with E-state index in [1.165, 1.54) is 0 Å². The number of nitrogens with one attached hydrogen (secondary N) is 2. The predicted octanol–water partition coefficient (Wildman–Crippen LogP) is 0.790. The molecule has 1 atom stereocenters. The first kappa shape index (κ1) is 11.8. The molecule has 1 aliphatic heterocycles. The van der Waals surface area contributed by atoms with E-state index in [-0.39, 0.29) is 11.9 Å². The van der Waals surface area contributed by atoms with E-state index in [0.717, 1.165) is 0 Å². The highest BCUT2D eigenvalue weighted by Crippen LogP contribution is 2.08. The monoisotopic (exact) mass is 214 g/mol. The molecule has 0 aromatic carbocycles. The van der Waals surface area contributed by atoms with Gasteiger partial charge in [-0.15, -0.1) is 0 Å². The highest BCUT2D eigenvalue weighted by atomic mass is 16.6. The number of amides is 2. The van der Waals surface area contributed by atoms with Gasteiger partial charge in [-0.25, -0.2) is 4.79 Å². The first-order valence-corrected chi connectivity index (χ1v) is 5.13. The van der Waals surface area contributed by atoms with Crippen LogP contribution in [-0.2, 0) is 9.53 Å².